The number of pyridine rings is 2. The molecule has 2 aliphatic heterocycles. The van der Waals surface area contributed by atoms with E-state index in [1.54, 1.807) is 6.20 Å². The molecule has 3 aromatic rings. The summed E-state index contributed by atoms with van der Waals surface area (Å²) in [7, 11) is 2.10. The molecule has 0 aromatic carbocycles. The smallest absolute Gasteiger partial charge is 0.253 e. The summed E-state index contributed by atoms with van der Waals surface area (Å²) in [5.74, 6) is 0.0543. The molecule has 2 N–H and O–H groups in total. The summed E-state index contributed by atoms with van der Waals surface area (Å²) >= 11 is 0. The van der Waals surface area contributed by atoms with E-state index in [2.05, 4.69) is 33.4 Å². The highest BCUT2D eigenvalue weighted by atomic mass is 16.2. The number of piperidine rings is 1. The first-order chi connectivity index (χ1) is 19.1. The molecule has 5 heterocycles. The average molecular weight is 546 g/mol. The van der Waals surface area contributed by atoms with Crippen molar-refractivity contribution in [1.29, 1.82) is 0 Å². The largest absolute Gasteiger partial charge is 0.348 e. The van der Waals surface area contributed by atoms with Crippen LogP contribution in [-0.4, -0.2) is 74.6 Å². The van der Waals surface area contributed by atoms with Crippen molar-refractivity contribution in [2.45, 2.75) is 59.5 Å². The van der Waals surface area contributed by atoms with Crippen LogP contribution >= 0.6 is 0 Å². The maximum absolute atomic E-state index is 13.5. The molecule has 212 valence electrons. The number of carbonyl (C=O) groups excluding carboxylic acids is 2. The Hall–Kier alpha value is -3.79. The van der Waals surface area contributed by atoms with Gasteiger partial charge < -0.3 is 20.1 Å². The molecule has 1 fully saturated rings. The van der Waals surface area contributed by atoms with E-state index in [0.29, 0.717) is 41.7 Å². The summed E-state index contributed by atoms with van der Waals surface area (Å²) in [6.07, 6.45) is 6.24. The Labute approximate surface area is 234 Å². The normalized spacial score (nSPS) is 16.9. The molecule has 2 aliphatic rings. The Morgan fingerprint density at radius 3 is 2.55 bits per heavy atom. The van der Waals surface area contributed by atoms with Gasteiger partial charge in [0, 0.05) is 42.9 Å². The zero-order chi connectivity index (χ0) is 28.6. The third kappa shape index (κ3) is 5.58. The van der Waals surface area contributed by atoms with Gasteiger partial charge in [-0.05, 0) is 90.4 Å². The SMILES string of the molecule is Cc1cc(C)c(CNC(=O)c2cc(C3=CCN(C(=O)C4CCN(C)CC4)CC3)nc3c2cnn3C(C)C)c(=O)[nH]1. The zero-order valence-electron chi connectivity index (χ0n) is 24.1. The number of aromatic nitrogens is 4. The highest BCUT2D eigenvalue weighted by Gasteiger charge is 2.29. The molecule has 0 bridgehead atoms. The van der Waals surface area contributed by atoms with E-state index >= 15 is 0 Å². The van der Waals surface area contributed by atoms with Gasteiger partial charge in [0.1, 0.15) is 0 Å². The van der Waals surface area contributed by atoms with E-state index < -0.39 is 0 Å². The van der Waals surface area contributed by atoms with Crippen LogP contribution in [0, 0.1) is 19.8 Å². The topological polar surface area (TPSA) is 116 Å². The standard InChI is InChI=1S/C30H39N7O3/c1-18(2)37-27-25(17-32-37)23(28(38)31-16-24-19(3)14-20(4)33-29(24)39)15-26(34-27)21-8-12-36(13-9-21)30(40)22-6-10-35(5)11-7-22/h8,14-15,17-18,22H,6-7,9-13,16H2,1-5H3,(H,31,38)(H,33,39). The van der Waals surface area contributed by atoms with Gasteiger partial charge in [-0.25, -0.2) is 9.67 Å². The van der Waals surface area contributed by atoms with Crippen LogP contribution in [0.3, 0.4) is 0 Å². The van der Waals surface area contributed by atoms with Crippen LogP contribution in [0.4, 0.5) is 0 Å². The molecule has 10 heteroatoms. The summed E-state index contributed by atoms with van der Waals surface area (Å²) in [4.78, 5) is 51.1. The second-order valence-corrected chi connectivity index (χ2v) is 11.4. The van der Waals surface area contributed by atoms with Crippen LogP contribution in [0.15, 0.2) is 29.2 Å². The second kappa shape index (κ2) is 11.4. The quantitative estimate of drug-likeness (QED) is 0.492. The van der Waals surface area contributed by atoms with E-state index in [1.807, 2.05) is 49.4 Å². The first kappa shape index (κ1) is 27.8. The van der Waals surface area contributed by atoms with Crippen molar-refractivity contribution in [1.82, 2.24) is 34.9 Å². The van der Waals surface area contributed by atoms with E-state index in [1.165, 1.54) is 0 Å². The number of likely N-dealkylation sites (tertiary alicyclic amines) is 1. The van der Waals surface area contributed by atoms with Crippen molar-refractivity contribution in [3.63, 3.8) is 0 Å². The summed E-state index contributed by atoms with van der Waals surface area (Å²) in [5.41, 5.74) is 4.81. The molecule has 2 amide bonds. The number of carbonyl (C=O) groups is 2. The van der Waals surface area contributed by atoms with E-state index in [-0.39, 0.29) is 35.9 Å². The number of aryl methyl sites for hydroxylation is 2. The number of fused-ring (bicyclic) bond motifs is 1. The minimum Gasteiger partial charge on any atom is -0.348 e. The molecule has 0 radical (unpaired) electrons. The third-order valence-electron chi connectivity index (χ3n) is 8.14. The Kier molecular flexibility index (Phi) is 7.89. The first-order valence-electron chi connectivity index (χ1n) is 14.1. The van der Waals surface area contributed by atoms with Crippen LogP contribution < -0.4 is 10.9 Å². The van der Waals surface area contributed by atoms with Gasteiger partial charge >= 0.3 is 0 Å². The van der Waals surface area contributed by atoms with E-state index in [4.69, 9.17) is 4.98 Å². The number of nitrogens with zero attached hydrogens (tertiary/aromatic N) is 5. The molecule has 10 nitrogen and oxygen atoms in total. The first-order valence-corrected chi connectivity index (χ1v) is 14.1. The van der Waals surface area contributed by atoms with Crippen LogP contribution in [0.1, 0.15) is 72.0 Å². The fourth-order valence-corrected chi connectivity index (χ4v) is 5.73. The van der Waals surface area contributed by atoms with Crippen LogP contribution in [0.25, 0.3) is 16.6 Å². The Bertz CT molecular complexity index is 1530. The number of hydrogen-bond acceptors (Lipinski definition) is 6. The van der Waals surface area contributed by atoms with Gasteiger partial charge in [-0.2, -0.15) is 5.10 Å². The molecular formula is C30H39N7O3. The molecule has 0 aliphatic carbocycles. The number of rotatable bonds is 6. The summed E-state index contributed by atoms with van der Waals surface area (Å²) < 4.78 is 1.82. The van der Waals surface area contributed by atoms with E-state index in [9.17, 15) is 14.4 Å². The lowest BCUT2D eigenvalue weighted by Gasteiger charge is -2.34. The minimum atomic E-state index is -0.285. The number of hydrogen-bond donors (Lipinski definition) is 2. The molecule has 1 saturated heterocycles. The molecular weight excluding hydrogens is 506 g/mol. The number of nitrogens with one attached hydrogen (secondary N) is 2. The number of H-pyrrole nitrogens is 1. The van der Waals surface area contributed by atoms with Crippen molar-refractivity contribution < 1.29 is 9.59 Å². The second-order valence-electron chi connectivity index (χ2n) is 11.4. The summed E-state index contributed by atoms with van der Waals surface area (Å²) in [5, 5.41) is 8.12. The average Bonchev–Trinajstić information content (AvgIpc) is 3.36. The molecule has 0 spiro atoms. The van der Waals surface area contributed by atoms with Gasteiger partial charge in [0.25, 0.3) is 11.5 Å². The predicted molar refractivity (Wildman–Crippen MR) is 155 cm³/mol. The van der Waals surface area contributed by atoms with Crippen molar-refractivity contribution in [3.05, 3.63) is 62.8 Å². The Balaban J connectivity index is 1.40. The van der Waals surface area contributed by atoms with Crippen LogP contribution in [-0.2, 0) is 11.3 Å². The highest BCUT2D eigenvalue weighted by Crippen LogP contribution is 2.29. The molecule has 0 unspecified atom stereocenters. The van der Waals surface area contributed by atoms with E-state index in [0.717, 1.165) is 48.5 Å². The van der Waals surface area contributed by atoms with Crippen LogP contribution in [0.5, 0.6) is 0 Å². The maximum atomic E-state index is 13.5. The van der Waals surface area contributed by atoms with Gasteiger partial charge in [-0.3, -0.25) is 14.4 Å². The van der Waals surface area contributed by atoms with Crippen molar-refractivity contribution in [3.8, 4) is 0 Å². The van der Waals surface area contributed by atoms with Gasteiger partial charge in [-0.15, -0.1) is 0 Å². The fourth-order valence-electron chi connectivity index (χ4n) is 5.73. The summed E-state index contributed by atoms with van der Waals surface area (Å²) in [6, 6.07) is 3.78. The molecule has 0 saturated carbocycles. The minimum absolute atomic E-state index is 0.0629. The highest BCUT2D eigenvalue weighted by molar-refractivity contribution is 6.06. The molecule has 3 aromatic heterocycles. The van der Waals surface area contributed by atoms with Crippen molar-refractivity contribution in [2.75, 3.05) is 33.2 Å². The lowest BCUT2D eigenvalue weighted by molar-refractivity contribution is -0.136. The van der Waals surface area contributed by atoms with Gasteiger partial charge in [0.15, 0.2) is 5.65 Å². The fraction of sp³-hybridized carbons (Fsp3) is 0.500. The van der Waals surface area contributed by atoms with Gasteiger partial charge in [0.2, 0.25) is 5.91 Å². The number of amides is 2. The third-order valence-corrected chi connectivity index (χ3v) is 8.14. The van der Waals surface area contributed by atoms with Crippen molar-refractivity contribution in [2.24, 2.45) is 5.92 Å². The van der Waals surface area contributed by atoms with Gasteiger partial charge in [0.05, 0.1) is 22.8 Å². The molecule has 0 atom stereocenters. The van der Waals surface area contributed by atoms with Crippen LogP contribution in [0.2, 0.25) is 0 Å². The Morgan fingerprint density at radius 2 is 1.90 bits per heavy atom. The Morgan fingerprint density at radius 1 is 1.15 bits per heavy atom. The lowest BCUT2D eigenvalue weighted by Crippen LogP contribution is -2.43. The van der Waals surface area contributed by atoms with Gasteiger partial charge in [-0.1, -0.05) is 6.08 Å². The monoisotopic (exact) mass is 545 g/mol. The maximum Gasteiger partial charge on any atom is 0.253 e. The van der Waals surface area contributed by atoms with Crippen molar-refractivity contribution >= 4 is 28.4 Å². The molecule has 40 heavy (non-hydrogen) atoms. The predicted octanol–water partition coefficient (Wildman–Crippen LogP) is 3.20. The number of aromatic amines is 1. The molecule has 5 rings (SSSR count). The summed E-state index contributed by atoms with van der Waals surface area (Å²) in [6.45, 7) is 11.0. The zero-order valence-corrected chi connectivity index (χ0v) is 24.1. The lowest BCUT2D eigenvalue weighted by atomic mass is 9.94.